The minimum atomic E-state index is -2.92. The molecule has 1 unspecified atom stereocenters. The monoisotopic (exact) mass is 248 g/mol. The summed E-state index contributed by atoms with van der Waals surface area (Å²) in [4.78, 5) is 11.4. The molecule has 1 atom stereocenters. The molecule has 0 aromatic heterocycles. The summed E-state index contributed by atoms with van der Waals surface area (Å²) in [5.41, 5.74) is 0. The van der Waals surface area contributed by atoms with E-state index in [1.807, 2.05) is 0 Å². The van der Waals surface area contributed by atoms with Gasteiger partial charge in [0.15, 0.2) is 9.84 Å². The lowest BCUT2D eigenvalue weighted by molar-refractivity contribution is 0.237. The average Bonchev–Trinajstić information content (AvgIpc) is 2.44. The third kappa shape index (κ3) is 4.83. The Bertz CT molecular complexity index is 338. The predicted octanol–water partition coefficient (Wildman–Crippen LogP) is 0.519. The Morgan fingerprint density at radius 1 is 1.44 bits per heavy atom. The minimum absolute atomic E-state index is 0.0740. The van der Waals surface area contributed by atoms with E-state index in [9.17, 15) is 13.2 Å². The maximum atomic E-state index is 11.4. The summed E-state index contributed by atoms with van der Waals surface area (Å²) in [5, 5.41) is 5.40. The average molecular weight is 248 g/mol. The molecule has 5 nitrogen and oxygen atoms in total. The zero-order valence-electron chi connectivity index (χ0n) is 9.82. The Hall–Kier alpha value is -0.780. The standard InChI is InChI=1S/C10H20N2O3S/c1-8(2)3-5-11-10(13)12-9-4-6-16(14,15)7-9/h8-9H,3-7H2,1-2H3,(H2,11,12,13). The molecule has 0 aliphatic carbocycles. The van der Waals surface area contributed by atoms with Crippen LogP contribution in [-0.4, -0.2) is 38.5 Å². The molecule has 0 spiro atoms. The highest BCUT2D eigenvalue weighted by Crippen LogP contribution is 2.10. The van der Waals surface area contributed by atoms with Crippen LogP contribution < -0.4 is 10.6 Å². The van der Waals surface area contributed by atoms with Crippen molar-refractivity contribution < 1.29 is 13.2 Å². The summed E-state index contributed by atoms with van der Waals surface area (Å²) in [6, 6.07) is -0.480. The van der Waals surface area contributed by atoms with Crippen LogP contribution in [0.3, 0.4) is 0 Å². The van der Waals surface area contributed by atoms with Crippen molar-refractivity contribution in [2.45, 2.75) is 32.7 Å². The molecule has 0 aromatic rings. The SMILES string of the molecule is CC(C)CCNC(=O)NC1CCS(=O)(=O)C1. The van der Waals surface area contributed by atoms with Crippen LogP contribution in [0.25, 0.3) is 0 Å². The number of sulfone groups is 1. The molecule has 94 valence electrons. The molecule has 0 radical (unpaired) electrons. The first-order valence-electron chi connectivity index (χ1n) is 5.64. The van der Waals surface area contributed by atoms with Crippen LogP contribution in [0.15, 0.2) is 0 Å². The molecule has 6 heteroatoms. The second kappa shape index (κ2) is 5.52. The largest absolute Gasteiger partial charge is 0.338 e. The fourth-order valence-corrected chi connectivity index (χ4v) is 3.29. The number of carbonyl (C=O) groups is 1. The van der Waals surface area contributed by atoms with Crippen LogP contribution in [0.4, 0.5) is 4.79 Å². The van der Waals surface area contributed by atoms with Crippen molar-refractivity contribution in [1.29, 1.82) is 0 Å². The number of rotatable bonds is 4. The Labute approximate surface area is 96.9 Å². The molecule has 1 aliphatic rings. The van der Waals surface area contributed by atoms with E-state index in [0.717, 1.165) is 6.42 Å². The summed E-state index contributed by atoms with van der Waals surface area (Å²) in [7, 11) is -2.92. The van der Waals surface area contributed by atoms with E-state index in [4.69, 9.17) is 0 Å². The molecule has 1 heterocycles. The van der Waals surface area contributed by atoms with Crippen LogP contribution >= 0.6 is 0 Å². The highest BCUT2D eigenvalue weighted by atomic mass is 32.2. The molecule has 0 bridgehead atoms. The molecule has 1 saturated heterocycles. The summed E-state index contributed by atoms with van der Waals surface area (Å²) in [6.45, 7) is 4.80. The van der Waals surface area contributed by atoms with E-state index in [1.165, 1.54) is 0 Å². The molecule has 1 aliphatic heterocycles. The van der Waals surface area contributed by atoms with Crippen molar-refractivity contribution in [1.82, 2.24) is 10.6 Å². The molecule has 2 amide bonds. The molecular formula is C10H20N2O3S. The van der Waals surface area contributed by atoms with Crippen molar-refractivity contribution in [3.8, 4) is 0 Å². The summed E-state index contributed by atoms with van der Waals surface area (Å²) < 4.78 is 22.3. The molecular weight excluding hydrogens is 228 g/mol. The lowest BCUT2D eigenvalue weighted by Crippen LogP contribution is -2.43. The van der Waals surface area contributed by atoms with Crippen LogP contribution in [0.5, 0.6) is 0 Å². The quantitative estimate of drug-likeness (QED) is 0.761. The molecule has 1 rings (SSSR count). The van der Waals surface area contributed by atoms with Gasteiger partial charge in [-0.25, -0.2) is 13.2 Å². The smallest absolute Gasteiger partial charge is 0.315 e. The van der Waals surface area contributed by atoms with Gasteiger partial charge in [0.1, 0.15) is 0 Å². The zero-order valence-corrected chi connectivity index (χ0v) is 10.6. The fraction of sp³-hybridized carbons (Fsp3) is 0.900. The first kappa shape index (κ1) is 13.3. The highest BCUT2D eigenvalue weighted by Gasteiger charge is 2.28. The van der Waals surface area contributed by atoms with Gasteiger partial charge in [-0.1, -0.05) is 13.8 Å². The number of hydrogen-bond acceptors (Lipinski definition) is 3. The van der Waals surface area contributed by atoms with Crippen LogP contribution in [0, 0.1) is 5.92 Å². The van der Waals surface area contributed by atoms with Gasteiger partial charge in [-0.3, -0.25) is 0 Å². The highest BCUT2D eigenvalue weighted by molar-refractivity contribution is 7.91. The van der Waals surface area contributed by atoms with E-state index in [0.29, 0.717) is 18.9 Å². The van der Waals surface area contributed by atoms with Crippen molar-refractivity contribution >= 4 is 15.9 Å². The van der Waals surface area contributed by atoms with Crippen molar-refractivity contribution in [3.63, 3.8) is 0 Å². The molecule has 0 aromatic carbocycles. The number of urea groups is 1. The number of nitrogens with one attached hydrogen (secondary N) is 2. The maximum absolute atomic E-state index is 11.4. The lowest BCUT2D eigenvalue weighted by Gasteiger charge is -2.12. The van der Waals surface area contributed by atoms with Crippen LogP contribution in [0.2, 0.25) is 0 Å². The van der Waals surface area contributed by atoms with Gasteiger partial charge < -0.3 is 10.6 Å². The third-order valence-corrected chi connectivity index (χ3v) is 4.34. The van der Waals surface area contributed by atoms with Gasteiger partial charge in [-0.05, 0) is 18.8 Å². The van der Waals surface area contributed by atoms with E-state index < -0.39 is 9.84 Å². The Balaban J connectivity index is 2.20. The summed E-state index contributed by atoms with van der Waals surface area (Å²) >= 11 is 0. The van der Waals surface area contributed by atoms with Gasteiger partial charge in [0.05, 0.1) is 11.5 Å². The lowest BCUT2D eigenvalue weighted by atomic mass is 10.1. The molecule has 1 fully saturated rings. The van der Waals surface area contributed by atoms with Gasteiger partial charge >= 0.3 is 6.03 Å². The number of hydrogen-bond donors (Lipinski definition) is 2. The summed E-state index contributed by atoms with van der Waals surface area (Å²) in [6.07, 6.45) is 1.45. The second-order valence-corrected chi connectivity index (χ2v) is 6.91. The second-order valence-electron chi connectivity index (χ2n) is 4.68. The van der Waals surface area contributed by atoms with Gasteiger partial charge in [-0.2, -0.15) is 0 Å². The molecule has 0 saturated carbocycles. The maximum Gasteiger partial charge on any atom is 0.315 e. The number of carbonyl (C=O) groups excluding carboxylic acids is 1. The first-order chi connectivity index (χ1) is 7.39. The van der Waals surface area contributed by atoms with Gasteiger partial charge in [0, 0.05) is 12.6 Å². The van der Waals surface area contributed by atoms with E-state index >= 15 is 0 Å². The van der Waals surface area contributed by atoms with E-state index in [-0.39, 0.29) is 23.6 Å². The normalized spacial score (nSPS) is 23.3. The third-order valence-electron chi connectivity index (χ3n) is 2.57. The topological polar surface area (TPSA) is 75.3 Å². The van der Waals surface area contributed by atoms with Gasteiger partial charge in [-0.15, -0.1) is 0 Å². The van der Waals surface area contributed by atoms with Crippen molar-refractivity contribution in [2.24, 2.45) is 5.92 Å². The fourth-order valence-electron chi connectivity index (χ4n) is 1.62. The predicted molar refractivity (Wildman–Crippen MR) is 63.0 cm³/mol. The Kier molecular flexibility index (Phi) is 4.58. The van der Waals surface area contributed by atoms with E-state index in [1.54, 1.807) is 0 Å². The minimum Gasteiger partial charge on any atom is -0.338 e. The Morgan fingerprint density at radius 3 is 2.62 bits per heavy atom. The van der Waals surface area contributed by atoms with Crippen LogP contribution in [-0.2, 0) is 9.84 Å². The Morgan fingerprint density at radius 2 is 2.12 bits per heavy atom. The van der Waals surface area contributed by atoms with E-state index in [2.05, 4.69) is 24.5 Å². The zero-order chi connectivity index (χ0) is 12.2. The van der Waals surface area contributed by atoms with Crippen LogP contribution in [0.1, 0.15) is 26.7 Å². The van der Waals surface area contributed by atoms with Gasteiger partial charge in [0.2, 0.25) is 0 Å². The summed E-state index contributed by atoms with van der Waals surface area (Å²) in [5.74, 6) is 0.807. The van der Waals surface area contributed by atoms with Crippen molar-refractivity contribution in [3.05, 3.63) is 0 Å². The molecule has 16 heavy (non-hydrogen) atoms. The first-order valence-corrected chi connectivity index (χ1v) is 7.46. The van der Waals surface area contributed by atoms with Crippen molar-refractivity contribution in [2.75, 3.05) is 18.1 Å². The van der Waals surface area contributed by atoms with Gasteiger partial charge in [0.25, 0.3) is 0 Å². The molecule has 2 N–H and O–H groups in total. The number of amides is 2.